The quantitative estimate of drug-likeness (QED) is 0.535. The second-order valence-electron chi connectivity index (χ2n) is 6.53. The fourth-order valence-electron chi connectivity index (χ4n) is 3.26. The molecule has 0 N–H and O–H groups in total. The highest BCUT2D eigenvalue weighted by Gasteiger charge is 2.33. The Morgan fingerprint density at radius 3 is 2.47 bits per heavy atom. The van der Waals surface area contributed by atoms with E-state index in [9.17, 15) is 4.79 Å². The first-order valence-corrected chi connectivity index (χ1v) is 9.67. The molecule has 0 aromatic heterocycles. The van der Waals surface area contributed by atoms with E-state index in [2.05, 4.69) is 4.99 Å². The van der Waals surface area contributed by atoms with Crippen LogP contribution in [0.15, 0.2) is 83.5 Å². The van der Waals surface area contributed by atoms with Crippen LogP contribution in [-0.4, -0.2) is 26.0 Å². The lowest BCUT2D eigenvalue weighted by atomic mass is 10.1. The van der Waals surface area contributed by atoms with Crippen LogP contribution in [0.25, 0.3) is 6.08 Å². The lowest BCUT2D eigenvalue weighted by Crippen LogP contribution is -2.32. The summed E-state index contributed by atoms with van der Waals surface area (Å²) in [5.74, 6) is 1.54. The van der Waals surface area contributed by atoms with Gasteiger partial charge < -0.3 is 9.47 Å². The molecule has 0 saturated carbocycles. The molecule has 1 heterocycles. The molecule has 150 valence electrons. The monoisotopic (exact) mass is 418 g/mol. The molecule has 0 unspecified atom stereocenters. The zero-order chi connectivity index (χ0) is 21.1. The number of ether oxygens (including phenoxy) is 2. The molecule has 30 heavy (non-hydrogen) atoms. The normalized spacial score (nSPS) is 14.8. The van der Waals surface area contributed by atoms with Crippen LogP contribution in [0.1, 0.15) is 11.1 Å². The number of rotatable bonds is 5. The van der Waals surface area contributed by atoms with Crippen LogP contribution in [0.5, 0.6) is 11.5 Å². The fourth-order valence-corrected chi connectivity index (χ4v) is 3.48. The Morgan fingerprint density at radius 1 is 0.933 bits per heavy atom. The SMILES string of the molecule is COc1cccc(C2=NC(=Cc3ccccc3OC)C(=O)N2c2ccccc2Cl)c1. The molecule has 3 aromatic rings. The van der Waals surface area contributed by atoms with Gasteiger partial charge in [0.2, 0.25) is 0 Å². The van der Waals surface area contributed by atoms with Gasteiger partial charge in [0, 0.05) is 11.1 Å². The number of carbonyl (C=O) groups excluding carboxylic acids is 1. The van der Waals surface area contributed by atoms with Crippen molar-refractivity contribution >= 4 is 35.1 Å². The van der Waals surface area contributed by atoms with E-state index in [0.29, 0.717) is 28.0 Å². The van der Waals surface area contributed by atoms with Gasteiger partial charge in [0.25, 0.3) is 5.91 Å². The largest absolute Gasteiger partial charge is 0.497 e. The number of halogens is 1. The Morgan fingerprint density at radius 2 is 1.70 bits per heavy atom. The molecular weight excluding hydrogens is 400 g/mol. The molecule has 0 atom stereocenters. The zero-order valence-electron chi connectivity index (χ0n) is 16.5. The van der Waals surface area contributed by atoms with Crippen LogP contribution in [0, 0.1) is 0 Å². The van der Waals surface area contributed by atoms with Crippen molar-refractivity contribution in [2.45, 2.75) is 0 Å². The molecule has 1 aliphatic heterocycles. The number of amidine groups is 1. The minimum absolute atomic E-state index is 0.271. The highest BCUT2D eigenvalue weighted by Crippen LogP contribution is 2.34. The molecule has 6 heteroatoms. The maximum atomic E-state index is 13.4. The minimum atomic E-state index is -0.271. The lowest BCUT2D eigenvalue weighted by molar-refractivity contribution is -0.113. The Balaban J connectivity index is 1.88. The molecule has 3 aromatic carbocycles. The molecule has 0 fully saturated rings. The second-order valence-corrected chi connectivity index (χ2v) is 6.94. The predicted octanol–water partition coefficient (Wildman–Crippen LogP) is 5.19. The third-order valence-corrected chi connectivity index (χ3v) is 5.03. The summed E-state index contributed by atoms with van der Waals surface area (Å²) in [7, 11) is 3.19. The highest BCUT2D eigenvalue weighted by atomic mass is 35.5. The second kappa shape index (κ2) is 8.43. The summed E-state index contributed by atoms with van der Waals surface area (Å²) < 4.78 is 10.8. The van der Waals surface area contributed by atoms with Gasteiger partial charge in [-0.15, -0.1) is 0 Å². The van der Waals surface area contributed by atoms with Gasteiger partial charge in [-0.2, -0.15) is 0 Å². The van der Waals surface area contributed by atoms with Gasteiger partial charge in [0.15, 0.2) is 0 Å². The Kier molecular flexibility index (Phi) is 5.55. The molecular formula is C24H19ClN2O3. The molecule has 1 aliphatic rings. The van der Waals surface area contributed by atoms with Crippen molar-refractivity contribution < 1.29 is 14.3 Å². The molecule has 0 aliphatic carbocycles. The van der Waals surface area contributed by atoms with E-state index in [1.807, 2.05) is 60.7 Å². The summed E-state index contributed by atoms with van der Waals surface area (Å²) in [5.41, 5.74) is 2.36. The molecule has 5 nitrogen and oxygen atoms in total. The standard InChI is InChI=1S/C24H19ClN2O3/c1-29-18-10-7-9-17(14-18)23-26-20(15-16-8-3-6-13-22(16)30-2)24(28)27(23)21-12-5-4-11-19(21)25/h3-15H,1-2H3. The number of hydrogen-bond donors (Lipinski definition) is 0. The van der Waals surface area contributed by atoms with Crippen LogP contribution >= 0.6 is 11.6 Å². The maximum Gasteiger partial charge on any atom is 0.282 e. The number of carbonyl (C=O) groups is 1. The van der Waals surface area contributed by atoms with Gasteiger partial charge in [-0.1, -0.05) is 54.1 Å². The lowest BCUT2D eigenvalue weighted by Gasteiger charge is -2.20. The fraction of sp³-hybridized carbons (Fsp3) is 0.0833. The van der Waals surface area contributed by atoms with Crippen LogP contribution in [0.4, 0.5) is 5.69 Å². The van der Waals surface area contributed by atoms with Gasteiger partial charge in [-0.05, 0) is 36.4 Å². The number of hydrogen-bond acceptors (Lipinski definition) is 4. The first kappa shape index (κ1) is 19.7. The number of anilines is 1. The van der Waals surface area contributed by atoms with E-state index in [1.54, 1.807) is 32.4 Å². The molecule has 1 amide bonds. The Labute approximate surface area is 179 Å². The van der Waals surface area contributed by atoms with Crippen molar-refractivity contribution in [1.29, 1.82) is 0 Å². The molecule has 0 radical (unpaired) electrons. The summed E-state index contributed by atoms with van der Waals surface area (Å²) in [6.07, 6.45) is 1.72. The average molecular weight is 419 g/mol. The predicted molar refractivity (Wildman–Crippen MR) is 119 cm³/mol. The number of para-hydroxylation sites is 2. The summed E-state index contributed by atoms with van der Waals surface area (Å²) in [6.45, 7) is 0. The number of benzene rings is 3. The van der Waals surface area contributed by atoms with Crippen molar-refractivity contribution in [3.05, 3.63) is 94.6 Å². The van der Waals surface area contributed by atoms with Crippen molar-refractivity contribution in [3.8, 4) is 11.5 Å². The number of methoxy groups -OCH3 is 2. The Hall–Kier alpha value is -3.57. The smallest absolute Gasteiger partial charge is 0.282 e. The summed E-state index contributed by atoms with van der Waals surface area (Å²) in [4.78, 5) is 19.6. The molecule has 0 bridgehead atoms. The number of amides is 1. The van der Waals surface area contributed by atoms with Crippen molar-refractivity contribution in [2.24, 2.45) is 4.99 Å². The van der Waals surface area contributed by atoms with Crippen molar-refractivity contribution in [1.82, 2.24) is 0 Å². The van der Waals surface area contributed by atoms with E-state index in [-0.39, 0.29) is 11.6 Å². The zero-order valence-corrected chi connectivity index (χ0v) is 17.3. The summed E-state index contributed by atoms with van der Waals surface area (Å²) in [5, 5.41) is 0.458. The molecule has 0 saturated heterocycles. The van der Waals surface area contributed by atoms with Crippen LogP contribution in [0.2, 0.25) is 5.02 Å². The van der Waals surface area contributed by atoms with Crippen LogP contribution in [-0.2, 0) is 4.79 Å². The van der Waals surface area contributed by atoms with Gasteiger partial charge in [-0.25, -0.2) is 4.99 Å². The Bertz CT molecular complexity index is 1170. The summed E-state index contributed by atoms with van der Waals surface area (Å²) in [6, 6.07) is 22.1. The number of aliphatic imine (C=N–C) groups is 1. The van der Waals surface area contributed by atoms with Gasteiger partial charge in [0.1, 0.15) is 23.0 Å². The topological polar surface area (TPSA) is 51.1 Å². The molecule has 0 spiro atoms. The van der Waals surface area contributed by atoms with E-state index < -0.39 is 0 Å². The van der Waals surface area contributed by atoms with Crippen LogP contribution < -0.4 is 14.4 Å². The first-order chi connectivity index (χ1) is 14.6. The molecule has 4 rings (SSSR count). The van der Waals surface area contributed by atoms with E-state index in [0.717, 1.165) is 11.1 Å². The van der Waals surface area contributed by atoms with E-state index >= 15 is 0 Å². The maximum absolute atomic E-state index is 13.4. The summed E-state index contributed by atoms with van der Waals surface area (Å²) >= 11 is 6.42. The van der Waals surface area contributed by atoms with Gasteiger partial charge in [-0.3, -0.25) is 9.69 Å². The van der Waals surface area contributed by atoms with Crippen molar-refractivity contribution in [2.75, 3.05) is 19.1 Å². The third-order valence-electron chi connectivity index (χ3n) is 4.71. The van der Waals surface area contributed by atoms with E-state index in [4.69, 9.17) is 21.1 Å². The highest BCUT2D eigenvalue weighted by molar-refractivity contribution is 6.39. The minimum Gasteiger partial charge on any atom is -0.497 e. The van der Waals surface area contributed by atoms with Gasteiger partial charge in [0.05, 0.1) is 24.9 Å². The number of nitrogens with zero attached hydrogens (tertiary/aromatic N) is 2. The van der Waals surface area contributed by atoms with Crippen LogP contribution in [0.3, 0.4) is 0 Å². The van der Waals surface area contributed by atoms with Crippen molar-refractivity contribution in [3.63, 3.8) is 0 Å². The van der Waals surface area contributed by atoms with Gasteiger partial charge >= 0.3 is 0 Å². The first-order valence-electron chi connectivity index (χ1n) is 9.29. The third kappa shape index (κ3) is 3.67. The average Bonchev–Trinajstić information content (AvgIpc) is 3.10. The van der Waals surface area contributed by atoms with E-state index in [1.165, 1.54) is 4.90 Å².